The van der Waals surface area contributed by atoms with Crippen LogP contribution in [0.25, 0.3) is 0 Å². The fourth-order valence-electron chi connectivity index (χ4n) is 1.75. The molecule has 1 heterocycles. The molecular weight excluding hydrogens is 174 g/mol. The van der Waals surface area contributed by atoms with Crippen molar-refractivity contribution < 1.29 is 4.74 Å². The van der Waals surface area contributed by atoms with Crippen molar-refractivity contribution in [1.82, 2.24) is 5.32 Å². The van der Waals surface area contributed by atoms with Crippen molar-refractivity contribution in [3.05, 3.63) is 11.8 Å². The second-order valence-electron chi connectivity index (χ2n) is 3.89. The van der Waals surface area contributed by atoms with Crippen molar-refractivity contribution in [1.29, 1.82) is 0 Å². The van der Waals surface area contributed by atoms with Gasteiger partial charge in [0.1, 0.15) is 5.76 Å². The number of ether oxygens (including phenoxy) is 1. The molecule has 1 N–H and O–H groups in total. The molecule has 0 bridgehead atoms. The predicted octanol–water partition coefficient (Wildman–Crippen LogP) is 2.85. The number of hydrogen-bond acceptors (Lipinski definition) is 2. The average molecular weight is 197 g/mol. The van der Waals surface area contributed by atoms with Gasteiger partial charge in [-0.05, 0) is 25.5 Å². The third-order valence-electron chi connectivity index (χ3n) is 2.56. The summed E-state index contributed by atoms with van der Waals surface area (Å²) < 4.78 is 5.61. The Kier molecular flexibility index (Phi) is 5.69. The van der Waals surface area contributed by atoms with Crippen LogP contribution in [0.3, 0.4) is 0 Å². The van der Waals surface area contributed by atoms with Gasteiger partial charge in [0.15, 0.2) is 0 Å². The lowest BCUT2D eigenvalue weighted by Gasteiger charge is -2.19. The van der Waals surface area contributed by atoms with Gasteiger partial charge in [-0.1, -0.05) is 26.7 Å². The summed E-state index contributed by atoms with van der Waals surface area (Å²) in [6.45, 7) is 6.41. The van der Waals surface area contributed by atoms with Gasteiger partial charge >= 0.3 is 0 Å². The summed E-state index contributed by atoms with van der Waals surface area (Å²) in [5.41, 5.74) is 0. The van der Waals surface area contributed by atoms with Crippen molar-refractivity contribution in [2.24, 2.45) is 0 Å². The summed E-state index contributed by atoms with van der Waals surface area (Å²) in [5.74, 6) is 1.19. The Morgan fingerprint density at radius 2 is 2.29 bits per heavy atom. The number of rotatable bonds is 7. The summed E-state index contributed by atoms with van der Waals surface area (Å²) in [6.07, 6.45) is 8.27. The molecule has 0 saturated heterocycles. The van der Waals surface area contributed by atoms with E-state index in [1.807, 2.05) is 0 Å². The van der Waals surface area contributed by atoms with Crippen LogP contribution in [0.15, 0.2) is 11.8 Å². The lowest BCUT2D eigenvalue weighted by atomic mass is 10.1. The minimum absolute atomic E-state index is 0.470. The zero-order valence-corrected chi connectivity index (χ0v) is 9.51. The molecule has 1 rings (SSSR count). The molecule has 2 nitrogen and oxygen atoms in total. The van der Waals surface area contributed by atoms with Gasteiger partial charge in [-0.15, -0.1) is 0 Å². The molecule has 0 amide bonds. The monoisotopic (exact) mass is 197 g/mol. The number of hydrogen-bond donors (Lipinski definition) is 1. The van der Waals surface area contributed by atoms with Gasteiger partial charge in [-0.2, -0.15) is 0 Å². The first kappa shape index (κ1) is 11.6. The van der Waals surface area contributed by atoms with Gasteiger partial charge in [-0.25, -0.2) is 0 Å². The highest BCUT2D eigenvalue weighted by Gasteiger charge is 2.16. The van der Waals surface area contributed by atoms with Crippen LogP contribution in [-0.4, -0.2) is 19.2 Å². The third-order valence-corrected chi connectivity index (χ3v) is 2.56. The molecule has 0 spiro atoms. The van der Waals surface area contributed by atoms with Crippen molar-refractivity contribution in [2.45, 2.75) is 52.0 Å². The molecule has 0 aliphatic carbocycles. The lowest BCUT2D eigenvalue weighted by Crippen LogP contribution is -2.31. The van der Waals surface area contributed by atoms with E-state index in [1.165, 1.54) is 31.4 Å². The molecule has 0 saturated carbocycles. The van der Waals surface area contributed by atoms with E-state index < -0.39 is 0 Å². The van der Waals surface area contributed by atoms with E-state index in [9.17, 15) is 0 Å². The number of unbranched alkanes of at least 4 members (excludes halogenated alkanes) is 1. The Balaban J connectivity index is 2.34. The first-order valence-electron chi connectivity index (χ1n) is 5.94. The highest BCUT2D eigenvalue weighted by Crippen LogP contribution is 2.17. The molecule has 1 aliphatic heterocycles. The minimum atomic E-state index is 0.470. The second-order valence-corrected chi connectivity index (χ2v) is 3.89. The molecule has 0 aromatic heterocycles. The summed E-state index contributed by atoms with van der Waals surface area (Å²) in [4.78, 5) is 0. The summed E-state index contributed by atoms with van der Waals surface area (Å²) in [7, 11) is 0. The molecule has 1 atom stereocenters. The fourth-order valence-corrected chi connectivity index (χ4v) is 1.75. The normalized spacial score (nSPS) is 17.7. The maximum Gasteiger partial charge on any atom is 0.109 e. The second kappa shape index (κ2) is 6.88. The van der Waals surface area contributed by atoms with Crippen LogP contribution in [-0.2, 0) is 4.74 Å². The molecule has 0 radical (unpaired) electrons. The first-order chi connectivity index (χ1) is 6.88. The number of nitrogens with one attached hydrogen (secondary N) is 1. The van der Waals surface area contributed by atoms with Crippen LogP contribution in [0, 0.1) is 0 Å². The average Bonchev–Trinajstić information content (AvgIpc) is 2.71. The minimum Gasteiger partial charge on any atom is -0.496 e. The van der Waals surface area contributed by atoms with E-state index in [1.54, 1.807) is 0 Å². The van der Waals surface area contributed by atoms with Crippen molar-refractivity contribution in [3.63, 3.8) is 0 Å². The molecule has 0 aromatic carbocycles. The van der Waals surface area contributed by atoms with Crippen molar-refractivity contribution >= 4 is 0 Å². The van der Waals surface area contributed by atoms with Gasteiger partial charge in [0.2, 0.25) is 0 Å². The zero-order valence-electron chi connectivity index (χ0n) is 9.51. The summed E-state index contributed by atoms with van der Waals surface area (Å²) in [6, 6.07) is 0.470. The highest BCUT2D eigenvalue weighted by molar-refractivity contribution is 5.06. The maximum absolute atomic E-state index is 5.61. The highest BCUT2D eigenvalue weighted by atomic mass is 16.5. The van der Waals surface area contributed by atoms with Crippen LogP contribution in [0.1, 0.15) is 46.0 Å². The molecule has 1 unspecified atom stereocenters. The lowest BCUT2D eigenvalue weighted by molar-refractivity contribution is 0.210. The van der Waals surface area contributed by atoms with Crippen molar-refractivity contribution in [2.75, 3.05) is 13.2 Å². The smallest absolute Gasteiger partial charge is 0.109 e. The van der Waals surface area contributed by atoms with Gasteiger partial charge in [-0.3, -0.25) is 0 Å². The van der Waals surface area contributed by atoms with E-state index in [4.69, 9.17) is 4.74 Å². The molecule has 0 aromatic rings. The fraction of sp³-hybridized carbons (Fsp3) is 0.833. The topological polar surface area (TPSA) is 21.3 Å². The van der Waals surface area contributed by atoms with Gasteiger partial charge in [0, 0.05) is 6.42 Å². The Morgan fingerprint density at radius 3 is 2.86 bits per heavy atom. The Labute approximate surface area is 87.7 Å². The summed E-state index contributed by atoms with van der Waals surface area (Å²) in [5, 5.41) is 3.55. The van der Waals surface area contributed by atoms with Crippen LogP contribution in [0.2, 0.25) is 0 Å². The molecule has 1 aliphatic rings. The van der Waals surface area contributed by atoms with E-state index in [0.717, 1.165) is 19.6 Å². The van der Waals surface area contributed by atoms with E-state index in [2.05, 4.69) is 25.2 Å². The van der Waals surface area contributed by atoms with Gasteiger partial charge in [0.05, 0.1) is 12.6 Å². The SMILES string of the molecule is CCCCC(NCCC)C1=CCCO1. The van der Waals surface area contributed by atoms with E-state index in [0.29, 0.717) is 6.04 Å². The zero-order chi connectivity index (χ0) is 10.2. The molecule has 14 heavy (non-hydrogen) atoms. The Bertz CT molecular complexity index is 169. The maximum atomic E-state index is 5.61. The molecule has 2 heteroatoms. The molecule has 0 fully saturated rings. The largest absolute Gasteiger partial charge is 0.496 e. The third kappa shape index (κ3) is 3.70. The molecular formula is C12H23NO. The van der Waals surface area contributed by atoms with Gasteiger partial charge in [0.25, 0.3) is 0 Å². The van der Waals surface area contributed by atoms with Crippen molar-refractivity contribution in [3.8, 4) is 0 Å². The van der Waals surface area contributed by atoms with E-state index in [-0.39, 0.29) is 0 Å². The van der Waals surface area contributed by atoms with Gasteiger partial charge < -0.3 is 10.1 Å². The molecule has 82 valence electrons. The first-order valence-corrected chi connectivity index (χ1v) is 5.94. The Morgan fingerprint density at radius 1 is 1.43 bits per heavy atom. The standard InChI is InChI=1S/C12H23NO/c1-3-5-7-11(13-9-4-2)12-8-6-10-14-12/h8,11,13H,3-7,9-10H2,1-2H3. The van der Waals surface area contributed by atoms with Crippen LogP contribution < -0.4 is 5.32 Å². The Hall–Kier alpha value is -0.500. The predicted molar refractivity (Wildman–Crippen MR) is 60.3 cm³/mol. The van der Waals surface area contributed by atoms with E-state index >= 15 is 0 Å². The van der Waals surface area contributed by atoms with Crippen LogP contribution in [0.4, 0.5) is 0 Å². The summed E-state index contributed by atoms with van der Waals surface area (Å²) >= 11 is 0. The van der Waals surface area contributed by atoms with Crippen LogP contribution in [0.5, 0.6) is 0 Å². The van der Waals surface area contributed by atoms with Crippen LogP contribution >= 0.6 is 0 Å². The quantitative estimate of drug-likeness (QED) is 0.677.